The predicted octanol–water partition coefficient (Wildman–Crippen LogP) is 2.54. The maximum Gasteiger partial charge on any atom is 0.307 e. The molecule has 0 amide bonds. The van der Waals surface area contributed by atoms with E-state index in [0.717, 1.165) is 4.47 Å². The van der Waals surface area contributed by atoms with Crippen molar-refractivity contribution in [3.05, 3.63) is 34.1 Å². The maximum absolute atomic E-state index is 13.4. The van der Waals surface area contributed by atoms with Gasteiger partial charge in [-0.1, -0.05) is 15.9 Å². The summed E-state index contributed by atoms with van der Waals surface area (Å²) >= 11 is 3.22. The van der Waals surface area contributed by atoms with Crippen LogP contribution in [0.5, 0.6) is 0 Å². The Morgan fingerprint density at radius 2 is 2.31 bits per heavy atom. The molecule has 16 heavy (non-hydrogen) atoms. The third kappa shape index (κ3) is 3.57. The van der Waals surface area contributed by atoms with Crippen molar-refractivity contribution in [2.24, 2.45) is 5.73 Å². The number of benzene rings is 1. The minimum atomic E-state index is -0.684. The van der Waals surface area contributed by atoms with E-state index in [0.29, 0.717) is 12.2 Å². The molecule has 0 spiro atoms. The molecule has 0 fully saturated rings. The van der Waals surface area contributed by atoms with Crippen LogP contribution in [0.3, 0.4) is 0 Å². The normalized spacial score (nSPS) is 12.2. The molecule has 0 aromatic heterocycles. The molecule has 0 aliphatic carbocycles. The summed E-state index contributed by atoms with van der Waals surface area (Å²) in [7, 11) is 0. The van der Waals surface area contributed by atoms with Gasteiger partial charge in [-0.25, -0.2) is 4.39 Å². The number of hydrogen-bond acceptors (Lipinski definition) is 3. The van der Waals surface area contributed by atoms with E-state index >= 15 is 0 Å². The van der Waals surface area contributed by atoms with E-state index in [-0.39, 0.29) is 6.42 Å². The number of ether oxygens (including phenoxy) is 1. The third-order valence-electron chi connectivity index (χ3n) is 2.05. The standard InChI is InChI=1S/C11H13BrFNO2/c1-2-16-11(15)6-10(14)8-5-7(12)3-4-9(8)13/h3-5,10H,2,6,14H2,1H3/t10-/m0/s1. The second kappa shape index (κ2) is 5.96. The molecule has 0 saturated heterocycles. The molecular formula is C11H13BrFNO2. The Bertz CT molecular complexity index is 384. The van der Waals surface area contributed by atoms with E-state index in [4.69, 9.17) is 10.5 Å². The van der Waals surface area contributed by atoms with Crippen molar-refractivity contribution < 1.29 is 13.9 Å². The minimum Gasteiger partial charge on any atom is -0.466 e. The van der Waals surface area contributed by atoms with Crippen molar-refractivity contribution in [1.82, 2.24) is 0 Å². The summed E-state index contributed by atoms with van der Waals surface area (Å²) in [5.74, 6) is -0.839. The third-order valence-corrected chi connectivity index (χ3v) is 2.54. The Morgan fingerprint density at radius 1 is 1.62 bits per heavy atom. The molecule has 0 aliphatic rings. The Kier molecular flexibility index (Phi) is 4.89. The Hall–Kier alpha value is -0.940. The highest BCUT2D eigenvalue weighted by Gasteiger charge is 2.16. The summed E-state index contributed by atoms with van der Waals surface area (Å²) in [4.78, 5) is 11.2. The predicted molar refractivity (Wildman–Crippen MR) is 62.3 cm³/mol. The van der Waals surface area contributed by atoms with Crippen LogP contribution in [0.4, 0.5) is 4.39 Å². The van der Waals surface area contributed by atoms with Crippen LogP contribution in [-0.2, 0) is 9.53 Å². The van der Waals surface area contributed by atoms with Crippen LogP contribution in [0.25, 0.3) is 0 Å². The number of carbonyl (C=O) groups is 1. The van der Waals surface area contributed by atoms with Crippen molar-refractivity contribution in [3.63, 3.8) is 0 Å². The SMILES string of the molecule is CCOC(=O)C[C@H](N)c1cc(Br)ccc1F. The van der Waals surface area contributed by atoms with Gasteiger partial charge in [0.1, 0.15) is 5.82 Å². The molecule has 0 saturated carbocycles. The topological polar surface area (TPSA) is 52.3 Å². The quantitative estimate of drug-likeness (QED) is 0.867. The summed E-state index contributed by atoms with van der Waals surface area (Å²) < 4.78 is 18.9. The van der Waals surface area contributed by atoms with Gasteiger partial charge in [0.05, 0.1) is 13.0 Å². The van der Waals surface area contributed by atoms with E-state index in [9.17, 15) is 9.18 Å². The number of nitrogens with two attached hydrogens (primary N) is 1. The average Bonchev–Trinajstić information content (AvgIpc) is 2.21. The van der Waals surface area contributed by atoms with Crippen molar-refractivity contribution in [1.29, 1.82) is 0 Å². The van der Waals surface area contributed by atoms with Crippen LogP contribution >= 0.6 is 15.9 Å². The average molecular weight is 290 g/mol. The first kappa shape index (κ1) is 13.1. The Morgan fingerprint density at radius 3 is 2.94 bits per heavy atom. The molecule has 5 heteroatoms. The summed E-state index contributed by atoms with van der Waals surface area (Å²) in [5, 5.41) is 0. The van der Waals surface area contributed by atoms with Gasteiger partial charge in [-0.2, -0.15) is 0 Å². The summed E-state index contributed by atoms with van der Waals surface area (Å²) in [5.41, 5.74) is 6.04. The van der Waals surface area contributed by atoms with Gasteiger partial charge in [-0.15, -0.1) is 0 Å². The van der Waals surface area contributed by atoms with E-state index in [1.165, 1.54) is 6.07 Å². The van der Waals surface area contributed by atoms with Crippen molar-refractivity contribution >= 4 is 21.9 Å². The van der Waals surface area contributed by atoms with Crippen molar-refractivity contribution in [2.75, 3.05) is 6.61 Å². The van der Waals surface area contributed by atoms with Gasteiger partial charge in [-0.3, -0.25) is 4.79 Å². The van der Waals surface area contributed by atoms with Gasteiger partial charge in [0, 0.05) is 16.1 Å². The fourth-order valence-electron chi connectivity index (χ4n) is 1.31. The van der Waals surface area contributed by atoms with Crippen LogP contribution in [0.2, 0.25) is 0 Å². The first-order valence-electron chi connectivity index (χ1n) is 4.90. The highest BCUT2D eigenvalue weighted by Crippen LogP contribution is 2.22. The number of esters is 1. The van der Waals surface area contributed by atoms with Gasteiger partial charge in [0.2, 0.25) is 0 Å². The molecule has 88 valence electrons. The molecule has 1 aromatic rings. The molecule has 0 heterocycles. The minimum absolute atomic E-state index is 0.0266. The summed E-state index contributed by atoms with van der Waals surface area (Å²) in [6, 6.07) is 3.77. The highest BCUT2D eigenvalue weighted by atomic mass is 79.9. The largest absolute Gasteiger partial charge is 0.466 e. The lowest BCUT2D eigenvalue weighted by Crippen LogP contribution is -2.18. The molecule has 0 aliphatic heterocycles. The van der Waals surface area contributed by atoms with Crippen LogP contribution in [-0.4, -0.2) is 12.6 Å². The number of halogens is 2. The molecule has 0 unspecified atom stereocenters. The second-order valence-electron chi connectivity index (χ2n) is 3.28. The lowest BCUT2D eigenvalue weighted by Gasteiger charge is -2.12. The van der Waals surface area contributed by atoms with Crippen LogP contribution < -0.4 is 5.73 Å². The fraction of sp³-hybridized carbons (Fsp3) is 0.364. The van der Waals surface area contributed by atoms with Crippen LogP contribution in [0.15, 0.2) is 22.7 Å². The Labute approximate surface area is 102 Å². The number of carbonyl (C=O) groups excluding carboxylic acids is 1. The zero-order valence-electron chi connectivity index (χ0n) is 8.87. The van der Waals surface area contributed by atoms with Gasteiger partial charge in [0.25, 0.3) is 0 Å². The van der Waals surface area contributed by atoms with Gasteiger partial charge < -0.3 is 10.5 Å². The monoisotopic (exact) mass is 289 g/mol. The second-order valence-corrected chi connectivity index (χ2v) is 4.20. The molecule has 0 bridgehead atoms. The molecular weight excluding hydrogens is 277 g/mol. The molecule has 1 aromatic carbocycles. The van der Waals surface area contributed by atoms with E-state index < -0.39 is 17.8 Å². The summed E-state index contributed by atoms with van der Waals surface area (Å²) in [6.45, 7) is 2.01. The first-order valence-corrected chi connectivity index (χ1v) is 5.70. The van der Waals surface area contributed by atoms with Gasteiger partial charge in [-0.05, 0) is 25.1 Å². The van der Waals surface area contributed by atoms with E-state index in [2.05, 4.69) is 15.9 Å². The molecule has 2 N–H and O–H groups in total. The maximum atomic E-state index is 13.4. The molecule has 1 atom stereocenters. The lowest BCUT2D eigenvalue weighted by atomic mass is 10.0. The lowest BCUT2D eigenvalue weighted by molar-refractivity contribution is -0.143. The highest BCUT2D eigenvalue weighted by molar-refractivity contribution is 9.10. The van der Waals surface area contributed by atoms with Gasteiger partial charge in [0.15, 0.2) is 0 Å². The number of hydrogen-bond donors (Lipinski definition) is 1. The first-order chi connectivity index (χ1) is 7.54. The molecule has 3 nitrogen and oxygen atoms in total. The van der Waals surface area contributed by atoms with E-state index in [1.54, 1.807) is 19.1 Å². The van der Waals surface area contributed by atoms with Crippen LogP contribution in [0.1, 0.15) is 24.9 Å². The zero-order chi connectivity index (χ0) is 12.1. The summed E-state index contributed by atoms with van der Waals surface area (Å²) in [6.07, 6.45) is -0.0266. The zero-order valence-corrected chi connectivity index (χ0v) is 10.5. The Balaban J connectivity index is 2.76. The smallest absolute Gasteiger partial charge is 0.307 e. The fourth-order valence-corrected chi connectivity index (χ4v) is 1.69. The van der Waals surface area contributed by atoms with Crippen molar-refractivity contribution in [3.8, 4) is 0 Å². The van der Waals surface area contributed by atoms with Crippen molar-refractivity contribution in [2.45, 2.75) is 19.4 Å². The van der Waals surface area contributed by atoms with E-state index in [1.807, 2.05) is 0 Å². The molecule has 1 rings (SSSR count). The van der Waals surface area contributed by atoms with Crippen LogP contribution in [0, 0.1) is 5.82 Å². The molecule has 0 radical (unpaired) electrons. The number of rotatable bonds is 4. The van der Waals surface area contributed by atoms with Gasteiger partial charge >= 0.3 is 5.97 Å².